The van der Waals surface area contributed by atoms with Crippen molar-refractivity contribution < 1.29 is 27.5 Å². The summed E-state index contributed by atoms with van der Waals surface area (Å²) in [5, 5.41) is 0. The van der Waals surface area contributed by atoms with Crippen LogP contribution >= 0.6 is 0 Å². The van der Waals surface area contributed by atoms with Gasteiger partial charge in [0.15, 0.2) is 0 Å². The average Bonchev–Trinajstić information content (AvgIpc) is 2.32. The molecule has 7 nitrogen and oxygen atoms in total. The minimum atomic E-state index is -3.28. The number of esters is 2. The Morgan fingerprint density at radius 3 is 2.17 bits per heavy atom. The monoisotopic (exact) mass is 279 g/mol. The summed E-state index contributed by atoms with van der Waals surface area (Å²) in [5.74, 6) is -1.41. The van der Waals surface area contributed by atoms with Crippen molar-refractivity contribution in [3.63, 3.8) is 0 Å². The van der Waals surface area contributed by atoms with E-state index in [1.165, 1.54) is 6.92 Å². The van der Waals surface area contributed by atoms with Crippen LogP contribution in [0.2, 0.25) is 0 Å². The van der Waals surface area contributed by atoms with Crippen LogP contribution in [0.3, 0.4) is 0 Å². The Morgan fingerprint density at radius 1 is 1.11 bits per heavy atom. The second-order valence-corrected chi connectivity index (χ2v) is 5.15. The molecule has 0 amide bonds. The highest BCUT2D eigenvalue weighted by molar-refractivity contribution is 7.89. The quantitative estimate of drug-likeness (QED) is 0.368. The van der Waals surface area contributed by atoms with Gasteiger partial charge in [-0.2, -0.15) is 0 Å². The van der Waals surface area contributed by atoms with Gasteiger partial charge < -0.3 is 9.47 Å². The fraction of sp³-hybridized carbons (Fsp3) is 0.600. The van der Waals surface area contributed by atoms with Gasteiger partial charge in [0.25, 0.3) is 0 Å². The molecule has 0 saturated heterocycles. The second-order valence-electron chi connectivity index (χ2n) is 3.05. The maximum Gasteiger partial charge on any atom is 0.331 e. The third-order valence-electron chi connectivity index (χ3n) is 1.69. The van der Waals surface area contributed by atoms with Crippen LogP contribution in [-0.4, -0.2) is 45.9 Å². The molecule has 0 aromatic rings. The first kappa shape index (κ1) is 16.6. The van der Waals surface area contributed by atoms with E-state index >= 15 is 0 Å². The number of carbonyl (C=O) groups is 2. The predicted octanol–water partition coefficient (Wildman–Crippen LogP) is -0.412. The summed E-state index contributed by atoms with van der Waals surface area (Å²) >= 11 is 0. The van der Waals surface area contributed by atoms with Crippen LogP contribution in [0.1, 0.15) is 13.8 Å². The Balaban J connectivity index is 3.82. The van der Waals surface area contributed by atoms with Crippen LogP contribution in [-0.2, 0) is 29.1 Å². The van der Waals surface area contributed by atoms with E-state index in [2.05, 4.69) is 14.2 Å². The summed E-state index contributed by atoms with van der Waals surface area (Å²) in [7, 11) is -3.28. The topological polar surface area (TPSA) is 98.8 Å². The van der Waals surface area contributed by atoms with Crippen LogP contribution in [0.5, 0.6) is 0 Å². The van der Waals surface area contributed by atoms with Crippen LogP contribution in [0.25, 0.3) is 0 Å². The molecule has 0 saturated carbocycles. The van der Waals surface area contributed by atoms with Gasteiger partial charge in [0.1, 0.15) is 6.61 Å². The molecule has 0 aliphatic heterocycles. The lowest BCUT2D eigenvalue weighted by molar-refractivity contribution is -0.140. The summed E-state index contributed by atoms with van der Waals surface area (Å²) in [4.78, 5) is 21.9. The molecule has 1 N–H and O–H groups in total. The maximum atomic E-state index is 11.1. The summed E-state index contributed by atoms with van der Waals surface area (Å²) in [6.07, 6.45) is 1.87. The molecule has 0 fully saturated rings. The lowest BCUT2D eigenvalue weighted by Gasteiger charge is -2.04. The molecule has 0 bridgehead atoms. The summed E-state index contributed by atoms with van der Waals surface area (Å²) in [6, 6.07) is 0. The first-order valence-corrected chi connectivity index (χ1v) is 7.05. The van der Waals surface area contributed by atoms with E-state index < -0.39 is 22.0 Å². The van der Waals surface area contributed by atoms with Crippen molar-refractivity contribution in [2.45, 2.75) is 13.8 Å². The summed E-state index contributed by atoms with van der Waals surface area (Å²) in [6.45, 7) is 3.25. The molecular weight excluding hydrogens is 262 g/mol. The van der Waals surface area contributed by atoms with Gasteiger partial charge in [0.05, 0.1) is 12.4 Å². The van der Waals surface area contributed by atoms with E-state index in [1.807, 2.05) is 0 Å². The largest absolute Gasteiger partial charge is 0.463 e. The Kier molecular flexibility index (Phi) is 7.97. The van der Waals surface area contributed by atoms with Gasteiger partial charge in [-0.15, -0.1) is 0 Å². The van der Waals surface area contributed by atoms with Gasteiger partial charge in [-0.25, -0.2) is 22.7 Å². The number of hydrogen-bond acceptors (Lipinski definition) is 6. The van der Waals surface area contributed by atoms with Gasteiger partial charge in [-0.05, 0) is 13.8 Å². The molecule has 0 aromatic heterocycles. The third kappa shape index (κ3) is 8.71. The molecule has 0 heterocycles. The van der Waals surface area contributed by atoms with Gasteiger partial charge in [-0.1, -0.05) is 0 Å². The molecule has 104 valence electrons. The Bertz CT molecular complexity index is 401. The van der Waals surface area contributed by atoms with Crippen molar-refractivity contribution in [2.24, 2.45) is 0 Å². The minimum Gasteiger partial charge on any atom is -0.463 e. The fourth-order valence-corrected chi connectivity index (χ4v) is 1.42. The highest BCUT2D eigenvalue weighted by Gasteiger charge is 2.05. The number of rotatable bonds is 8. The average molecular weight is 279 g/mol. The SMILES string of the molecule is CCOC(=O)/C=C/C(=O)OCCNS(=O)(=O)CC. The third-order valence-corrected chi connectivity index (χ3v) is 3.09. The number of carbonyl (C=O) groups excluding carboxylic acids is 2. The van der Waals surface area contributed by atoms with Crippen LogP contribution in [0, 0.1) is 0 Å². The van der Waals surface area contributed by atoms with Crippen molar-refractivity contribution in [1.82, 2.24) is 4.72 Å². The first-order valence-electron chi connectivity index (χ1n) is 5.40. The molecule has 18 heavy (non-hydrogen) atoms. The van der Waals surface area contributed by atoms with Crippen LogP contribution in [0.4, 0.5) is 0 Å². The zero-order valence-corrected chi connectivity index (χ0v) is 11.2. The molecule has 8 heteroatoms. The molecule has 0 radical (unpaired) electrons. The van der Waals surface area contributed by atoms with E-state index in [0.717, 1.165) is 12.2 Å². The van der Waals surface area contributed by atoms with Crippen molar-refractivity contribution in [3.05, 3.63) is 12.2 Å². The Labute approximate surface area is 106 Å². The van der Waals surface area contributed by atoms with Crippen LogP contribution < -0.4 is 4.72 Å². The van der Waals surface area contributed by atoms with E-state index in [9.17, 15) is 18.0 Å². The molecular formula is C10H17NO6S. The smallest absolute Gasteiger partial charge is 0.331 e. The second kappa shape index (κ2) is 8.65. The van der Waals surface area contributed by atoms with E-state index in [-0.39, 0.29) is 25.5 Å². The maximum absolute atomic E-state index is 11.1. The van der Waals surface area contributed by atoms with E-state index in [4.69, 9.17) is 0 Å². The zero-order chi connectivity index (χ0) is 14.0. The van der Waals surface area contributed by atoms with Crippen molar-refractivity contribution in [1.29, 1.82) is 0 Å². The number of ether oxygens (including phenoxy) is 2. The molecule has 0 aliphatic rings. The summed E-state index contributed by atoms with van der Waals surface area (Å²) in [5.41, 5.74) is 0. The summed E-state index contributed by atoms with van der Waals surface area (Å²) < 4.78 is 33.4. The fourth-order valence-electron chi connectivity index (χ4n) is 0.825. The van der Waals surface area contributed by atoms with Gasteiger partial charge in [-0.3, -0.25) is 0 Å². The first-order chi connectivity index (χ1) is 8.41. The molecule has 0 atom stereocenters. The van der Waals surface area contributed by atoms with Gasteiger partial charge in [0.2, 0.25) is 10.0 Å². The molecule has 0 unspecified atom stereocenters. The van der Waals surface area contributed by atoms with Gasteiger partial charge >= 0.3 is 11.9 Å². The Hall–Kier alpha value is -1.41. The highest BCUT2D eigenvalue weighted by Crippen LogP contribution is 1.86. The van der Waals surface area contributed by atoms with Crippen molar-refractivity contribution in [2.75, 3.05) is 25.5 Å². The number of nitrogens with one attached hydrogen (secondary N) is 1. The standard InChI is InChI=1S/C10H17NO6S/c1-3-16-9(12)5-6-10(13)17-8-7-11-18(14,15)4-2/h5-6,11H,3-4,7-8H2,1-2H3/b6-5+. The van der Waals surface area contributed by atoms with Crippen molar-refractivity contribution >= 4 is 22.0 Å². The molecule has 0 spiro atoms. The minimum absolute atomic E-state index is 0.00480. The van der Waals surface area contributed by atoms with E-state index in [0.29, 0.717) is 0 Å². The predicted molar refractivity (Wildman–Crippen MR) is 64.2 cm³/mol. The van der Waals surface area contributed by atoms with Crippen molar-refractivity contribution in [3.8, 4) is 0 Å². The number of hydrogen-bond donors (Lipinski definition) is 1. The zero-order valence-electron chi connectivity index (χ0n) is 10.3. The Morgan fingerprint density at radius 2 is 1.67 bits per heavy atom. The lowest BCUT2D eigenvalue weighted by Crippen LogP contribution is -2.29. The van der Waals surface area contributed by atoms with Crippen LogP contribution in [0.15, 0.2) is 12.2 Å². The molecule has 0 aliphatic carbocycles. The van der Waals surface area contributed by atoms with E-state index in [1.54, 1.807) is 6.92 Å². The normalized spacial score (nSPS) is 11.4. The molecule has 0 aromatic carbocycles. The highest BCUT2D eigenvalue weighted by atomic mass is 32.2. The lowest BCUT2D eigenvalue weighted by atomic mass is 10.5. The van der Waals surface area contributed by atoms with Gasteiger partial charge in [0, 0.05) is 18.7 Å². The molecule has 0 rings (SSSR count). The number of sulfonamides is 1.